The predicted octanol–water partition coefficient (Wildman–Crippen LogP) is 1.81. The van der Waals surface area contributed by atoms with Crippen LogP contribution in [0.25, 0.3) is 15.5 Å². The SMILES string of the molecule is CCCS(=O)(=O)N1CCN(Cc2cc(=O)n3nc(-c4ccccc4F)sc3n2)CC1. The van der Waals surface area contributed by atoms with Crippen LogP contribution < -0.4 is 5.56 Å². The van der Waals surface area contributed by atoms with Gasteiger partial charge in [-0.2, -0.15) is 13.9 Å². The molecule has 0 radical (unpaired) electrons. The Balaban J connectivity index is 1.51. The number of hydrogen-bond donors (Lipinski definition) is 0. The van der Waals surface area contributed by atoms with E-state index < -0.39 is 15.8 Å². The minimum atomic E-state index is -3.19. The normalized spacial score (nSPS) is 16.3. The number of sulfonamides is 1. The lowest BCUT2D eigenvalue weighted by molar-refractivity contribution is 0.180. The Morgan fingerprint density at radius 2 is 1.90 bits per heavy atom. The van der Waals surface area contributed by atoms with E-state index in [2.05, 4.69) is 15.0 Å². The van der Waals surface area contributed by atoms with E-state index in [0.29, 0.717) is 60.4 Å². The molecule has 1 fully saturated rings. The van der Waals surface area contributed by atoms with Gasteiger partial charge in [-0.25, -0.2) is 17.8 Å². The molecule has 3 aromatic rings. The van der Waals surface area contributed by atoms with Gasteiger partial charge in [-0.1, -0.05) is 30.4 Å². The first-order valence-electron chi connectivity index (χ1n) is 9.72. The van der Waals surface area contributed by atoms with Gasteiger partial charge in [0.25, 0.3) is 5.56 Å². The number of rotatable bonds is 6. The third-order valence-corrected chi connectivity index (χ3v) is 7.99. The summed E-state index contributed by atoms with van der Waals surface area (Å²) in [6.07, 6.45) is 0.597. The molecule has 1 aliphatic rings. The van der Waals surface area contributed by atoms with Gasteiger partial charge in [0.2, 0.25) is 15.0 Å². The number of nitrogens with zero attached hydrogens (tertiary/aromatic N) is 5. The van der Waals surface area contributed by atoms with Crippen molar-refractivity contribution in [3.05, 3.63) is 52.2 Å². The fourth-order valence-electron chi connectivity index (χ4n) is 3.46. The number of fused-ring (bicyclic) bond motifs is 1. The first kappa shape index (κ1) is 21.0. The minimum Gasteiger partial charge on any atom is -0.295 e. The van der Waals surface area contributed by atoms with Crippen molar-refractivity contribution < 1.29 is 12.8 Å². The number of hydrogen-bond acceptors (Lipinski definition) is 7. The van der Waals surface area contributed by atoms with Crippen LogP contribution in [0.2, 0.25) is 0 Å². The van der Waals surface area contributed by atoms with Gasteiger partial charge in [-0.3, -0.25) is 9.69 Å². The van der Waals surface area contributed by atoms with Crippen molar-refractivity contribution in [2.24, 2.45) is 0 Å². The molecule has 4 rings (SSSR count). The lowest BCUT2D eigenvalue weighted by Gasteiger charge is -2.33. The summed E-state index contributed by atoms with van der Waals surface area (Å²) in [6, 6.07) is 7.71. The first-order chi connectivity index (χ1) is 14.4. The highest BCUT2D eigenvalue weighted by Crippen LogP contribution is 2.26. The second kappa shape index (κ2) is 8.50. The molecule has 1 saturated heterocycles. The smallest absolute Gasteiger partial charge is 0.275 e. The molecule has 0 aliphatic carbocycles. The molecule has 2 aromatic heterocycles. The molecule has 0 amide bonds. The van der Waals surface area contributed by atoms with Crippen molar-refractivity contribution in [1.29, 1.82) is 0 Å². The van der Waals surface area contributed by atoms with Gasteiger partial charge in [-0.05, 0) is 18.6 Å². The van der Waals surface area contributed by atoms with Crippen LogP contribution in [0.1, 0.15) is 19.0 Å². The molecular formula is C19H22FN5O3S2. The van der Waals surface area contributed by atoms with Crippen molar-refractivity contribution in [1.82, 2.24) is 23.8 Å². The highest BCUT2D eigenvalue weighted by molar-refractivity contribution is 7.89. The van der Waals surface area contributed by atoms with E-state index in [-0.39, 0.29) is 11.3 Å². The van der Waals surface area contributed by atoms with E-state index in [1.165, 1.54) is 21.0 Å². The van der Waals surface area contributed by atoms with Crippen LogP contribution in [0.5, 0.6) is 0 Å². The quantitative estimate of drug-likeness (QED) is 0.568. The summed E-state index contributed by atoms with van der Waals surface area (Å²) in [6.45, 7) is 4.31. The van der Waals surface area contributed by atoms with Gasteiger partial charge in [0, 0.05) is 44.4 Å². The van der Waals surface area contributed by atoms with Gasteiger partial charge in [0.05, 0.1) is 11.4 Å². The van der Waals surface area contributed by atoms with Crippen LogP contribution in [-0.4, -0.2) is 64.2 Å². The molecule has 1 aromatic carbocycles. The second-order valence-corrected chi connectivity index (χ2v) is 10.2. The van der Waals surface area contributed by atoms with Crippen LogP contribution in [0.4, 0.5) is 4.39 Å². The number of halogens is 1. The molecule has 30 heavy (non-hydrogen) atoms. The molecule has 160 valence electrons. The Morgan fingerprint density at radius 3 is 2.60 bits per heavy atom. The molecule has 0 saturated carbocycles. The maximum Gasteiger partial charge on any atom is 0.275 e. The molecule has 3 heterocycles. The number of benzene rings is 1. The molecule has 0 unspecified atom stereocenters. The van der Waals surface area contributed by atoms with Crippen molar-refractivity contribution in [2.75, 3.05) is 31.9 Å². The van der Waals surface area contributed by atoms with Crippen LogP contribution >= 0.6 is 11.3 Å². The summed E-state index contributed by atoms with van der Waals surface area (Å²) in [7, 11) is -3.19. The summed E-state index contributed by atoms with van der Waals surface area (Å²) < 4.78 is 41.2. The van der Waals surface area contributed by atoms with Gasteiger partial charge in [0.1, 0.15) is 5.82 Å². The average molecular weight is 452 g/mol. The first-order valence-corrected chi connectivity index (χ1v) is 12.1. The van der Waals surface area contributed by atoms with Gasteiger partial charge < -0.3 is 0 Å². The molecule has 11 heteroatoms. The van der Waals surface area contributed by atoms with Crippen LogP contribution in [0, 0.1) is 5.82 Å². The van der Waals surface area contributed by atoms with Crippen molar-refractivity contribution in [3.63, 3.8) is 0 Å². The van der Waals surface area contributed by atoms with Crippen molar-refractivity contribution in [2.45, 2.75) is 19.9 Å². The topological polar surface area (TPSA) is 87.9 Å². The highest BCUT2D eigenvalue weighted by atomic mass is 32.2. The zero-order valence-electron chi connectivity index (χ0n) is 16.5. The van der Waals surface area contributed by atoms with Crippen molar-refractivity contribution in [3.8, 4) is 10.6 Å². The van der Waals surface area contributed by atoms with Crippen LogP contribution in [0.15, 0.2) is 35.1 Å². The fourth-order valence-corrected chi connectivity index (χ4v) is 5.91. The van der Waals surface area contributed by atoms with Crippen LogP contribution in [-0.2, 0) is 16.6 Å². The maximum absolute atomic E-state index is 14.1. The van der Waals surface area contributed by atoms with E-state index in [9.17, 15) is 17.6 Å². The summed E-state index contributed by atoms with van der Waals surface area (Å²) in [5.74, 6) is -0.238. The Morgan fingerprint density at radius 1 is 1.17 bits per heavy atom. The monoisotopic (exact) mass is 451 g/mol. The highest BCUT2D eigenvalue weighted by Gasteiger charge is 2.26. The summed E-state index contributed by atoms with van der Waals surface area (Å²) in [5, 5.41) is 4.61. The lowest BCUT2D eigenvalue weighted by atomic mass is 10.2. The molecule has 0 N–H and O–H groups in total. The molecule has 0 bridgehead atoms. The third-order valence-electron chi connectivity index (χ3n) is 4.97. The van der Waals surface area contributed by atoms with Gasteiger partial charge in [0.15, 0.2) is 5.01 Å². The van der Waals surface area contributed by atoms with Crippen molar-refractivity contribution >= 4 is 26.3 Å². The van der Waals surface area contributed by atoms with E-state index in [1.807, 2.05) is 6.92 Å². The lowest BCUT2D eigenvalue weighted by Crippen LogP contribution is -2.48. The zero-order chi connectivity index (χ0) is 21.3. The average Bonchev–Trinajstić information content (AvgIpc) is 3.13. The van der Waals surface area contributed by atoms with E-state index in [1.54, 1.807) is 18.2 Å². The molecule has 1 aliphatic heterocycles. The molecule has 0 spiro atoms. The zero-order valence-corrected chi connectivity index (χ0v) is 18.1. The second-order valence-electron chi connectivity index (χ2n) is 7.16. The summed E-state index contributed by atoms with van der Waals surface area (Å²) in [4.78, 5) is 19.5. The third kappa shape index (κ3) is 4.29. The maximum atomic E-state index is 14.1. The van der Waals surface area contributed by atoms with E-state index in [4.69, 9.17) is 0 Å². The molecule has 0 atom stereocenters. The number of piperazine rings is 1. The Hall–Kier alpha value is -2.21. The van der Waals surface area contributed by atoms with E-state index >= 15 is 0 Å². The Kier molecular flexibility index (Phi) is 5.96. The summed E-state index contributed by atoms with van der Waals surface area (Å²) >= 11 is 1.16. The fraction of sp³-hybridized carbons (Fsp3) is 0.421. The molecule has 8 nitrogen and oxygen atoms in total. The Bertz CT molecular complexity index is 1220. The summed E-state index contributed by atoms with van der Waals surface area (Å²) in [5.41, 5.74) is 0.602. The minimum absolute atomic E-state index is 0.164. The van der Waals surface area contributed by atoms with Crippen LogP contribution in [0.3, 0.4) is 0 Å². The predicted molar refractivity (Wildman–Crippen MR) is 113 cm³/mol. The standard InChI is InChI=1S/C19H22FN5O3S2/c1-2-11-30(27,28)24-9-7-23(8-10-24)13-14-12-17(26)25-19(21-14)29-18(22-25)15-5-3-4-6-16(15)20/h3-6,12H,2,7-11,13H2,1H3. The number of aromatic nitrogens is 3. The van der Waals surface area contributed by atoms with Gasteiger partial charge >= 0.3 is 0 Å². The van der Waals surface area contributed by atoms with Gasteiger partial charge in [-0.15, -0.1) is 0 Å². The van der Waals surface area contributed by atoms with E-state index in [0.717, 1.165) is 11.3 Å². The molecular weight excluding hydrogens is 429 g/mol. The largest absolute Gasteiger partial charge is 0.295 e. The Labute approximate surface area is 177 Å².